The number of rotatable bonds is 2. The summed E-state index contributed by atoms with van der Waals surface area (Å²) in [6.45, 7) is 4.98. The summed E-state index contributed by atoms with van der Waals surface area (Å²) in [7, 11) is 0. The lowest BCUT2D eigenvalue weighted by Gasteiger charge is -2.61. The molecule has 29 heavy (non-hydrogen) atoms. The average Bonchev–Trinajstić information content (AvgIpc) is 2.85. The van der Waals surface area contributed by atoms with Crippen LogP contribution in [-0.2, 0) is 0 Å². The van der Waals surface area contributed by atoms with Crippen molar-refractivity contribution in [2.45, 2.75) is 128 Å². The van der Waals surface area contributed by atoms with Crippen LogP contribution in [0.15, 0.2) is 0 Å². The van der Waals surface area contributed by atoms with E-state index in [9.17, 15) is 10.2 Å². The van der Waals surface area contributed by atoms with Crippen molar-refractivity contribution in [3.63, 3.8) is 0 Å². The van der Waals surface area contributed by atoms with Gasteiger partial charge in [0.15, 0.2) is 0 Å². The van der Waals surface area contributed by atoms with E-state index in [1.807, 2.05) is 0 Å². The predicted molar refractivity (Wildman–Crippen MR) is 118 cm³/mol. The lowest BCUT2D eigenvalue weighted by atomic mass is 9.44. The van der Waals surface area contributed by atoms with Crippen LogP contribution < -0.4 is 5.32 Å². The Morgan fingerprint density at radius 3 is 2.24 bits per heavy atom. The fourth-order valence-corrected chi connectivity index (χ4v) is 9.20. The molecule has 5 saturated carbocycles. The molecule has 0 spiro atoms. The molecule has 0 unspecified atom stereocenters. The molecular formula is C26H45NO2. The van der Waals surface area contributed by atoms with E-state index in [1.54, 1.807) is 0 Å². The third-order valence-electron chi connectivity index (χ3n) is 11.0. The number of hydrogen-bond donors (Lipinski definition) is 3. The molecule has 0 bridgehead atoms. The highest BCUT2D eigenvalue weighted by molar-refractivity contribution is 5.11. The van der Waals surface area contributed by atoms with Crippen molar-refractivity contribution in [2.75, 3.05) is 0 Å². The first kappa shape index (κ1) is 20.8. The Labute approximate surface area is 178 Å². The summed E-state index contributed by atoms with van der Waals surface area (Å²) in [5, 5.41) is 25.7. The molecule has 0 aliphatic heterocycles. The molecule has 0 heterocycles. The quantitative estimate of drug-likeness (QED) is 0.566. The van der Waals surface area contributed by atoms with Crippen LogP contribution in [-0.4, -0.2) is 34.5 Å². The molecule has 166 valence electrons. The van der Waals surface area contributed by atoms with Gasteiger partial charge in [0.1, 0.15) is 0 Å². The molecular weight excluding hydrogens is 358 g/mol. The second-order valence-electron chi connectivity index (χ2n) is 12.3. The van der Waals surface area contributed by atoms with Gasteiger partial charge in [-0.3, -0.25) is 0 Å². The molecule has 3 nitrogen and oxygen atoms in total. The molecule has 3 heteroatoms. The number of nitrogens with one attached hydrogen (secondary N) is 1. The van der Waals surface area contributed by atoms with Gasteiger partial charge >= 0.3 is 0 Å². The van der Waals surface area contributed by atoms with Crippen LogP contribution >= 0.6 is 0 Å². The lowest BCUT2D eigenvalue weighted by molar-refractivity contribution is -0.141. The molecule has 0 amide bonds. The van der Waals surface area contributed by atoms with Gasteiger partial charge in [-0.1, -0.05) is 39.5 Å². The van der Waals surface area contributed by atoms with Gasteiger partial charge in [0.05, 0.1) is 12.2 Å². The maximum atomic E-state index is 11.0. The molecule has 0 aromatic carbocycles. The maximum Gasteiger partial charge on any atom is 0.0696 e. The molecule has 0 aromatic rings. The van der Waals surface area contributed by atoms with Gasteiger partial charge in [-0.25, -0.2) is 0 Å². The molecule has 9 atom stereocenters. The SMILES string of the molecule is C[C@]12C[C@H](NC3CCCCCC3)[C@@H](O)C[C@@H]1CC[C@@H]1[C@@H]2CC[C@]2(C)[C@@H](O)CC[C@@H]12. The van der Waals surface area contributed by atoms with Gasteiger partial charge < -0.3 is 15.5 Å². The number of fused-ring (bicyclic) bond motifs is 5. The van der Waals surface area contributed by atoms with Gasteiger partial charge in [-0.15, -0.1) is 0 Å². The molecule has 5 fully saturated rings. The highest BCUT2D eigenvalue weighted by Gasteiger charge is 2.61. The zero-order valence-corrected chi connectivity index (χ0v) is 18.9. The van der Waals surface area contributed by atoms with Crippen LogP contribution in [0.4, 0.5) is 0 Å². The van der Waals surface area contributed by atoms with Crippen LogP contribution in [0, 0.1) is 34.5 Å². The Morgan fingerprint density at radius 1 is 0.759 bits per heavy atom. The minimum Gasteiger partial charge on any atom is -0.393 e. The Balaban J connectivity index is 1.34. The van der Waals surface area contributed by atoms with E-state index in [1.165, 1.54) is 77.0 Å². The van der Waals surface area contributed by atoms with E-state index in [2.05, 4.69) is 19.2 Å². The van der Waals surface area contributed by atoms with E-state index in [-0.39, 0.29) is 17.6 Å². The minimum atomic E-state index is -0.157. The third-order valence-corrected chi connectivity index (χ3v) is 11.0. The third kappa shape index (κ3) is 3.42. The van der Waals surface area contributed by atoms with Crippen LogP contribution in [0.3, 0.4) is 0 Å². The normalized spacial score (nSPS) is 53.6. The van der Waals surface area contributed by atoms with Gasteiger partial charge in [-0.05, 0) is 98.7 Å². The zero-order valence-electron chi connectivity index (χ0n) is 18.9. The monoisotopic (exact) mass is 403 g/mol. The van der Waals surface area contributed by atoms with Crippen molar-refractivity contribution in [3.05, 3.63) is 0 Å². The first-order valence-electron chi connectivity index (χ1n) is 13.0. The first-order chi connectivity index (χ1) is 13.9. The summed E-state index contributed by atoms with van der Waals surface area (Å²) >= 11 is 0. The second-order valence-corrected chi connectivity index (χ2v) is 12.3. The molecule has 5 rings (SSSR count). The fourth-order valence-electron chi connectivity index (χ4n) is 9.20. The van der Waals surface area contributed by atoms with Gasteiger partial charge in [-0.2, -0.15) is 0 Å². The summed E-state index contributed by atoms with van der Waals surface area (Å²) in [5.41, 5.74) is 0.552. The van der Waals surface area contributed by atoms with Gasteiger partial charge in [0, 0.05) is 12.1 Å². The van der Waals surface area contributed by atoms with E-state index in [4.69, 9.17) is 0 Å². The second kappa shape index (κ2) is 7.78. The summed E-state index contributed by atoms with van der Waals surface area (Å²) in [5.74, 6) is 3.03. The van der Waals surface area contributed by atoms with E-state index >= 15 is 0 Å². The van der Waals surface area contributed by atoms with Crippen molar-refractivity contribution in [2.24, 2.45) is 34.5 Å². The summed E-state index contributed by atoms with van der Waals surface area (Å²) < 4.78 is 0. The van der Waals surface area contributed by atoms with Crippen molar-refractivity contribution in [1.82, 2.24) is 5.32 Å². The van der Waals surface area contributed by atoms with E-state index in [0.29, 0.717) is 23.4 Å². The molecule has 0 saturated heterocycles. The fraction of sp³-hybridized carbons (Fsp3) is 1.00. The highest BCUT2D eigenvalue weighted by Crippen LogP contribution is 2.66. The summed E-state index contributed by atoms with van der Waals surface area (Å²) in [4.78, 5) is 0. The zero-order chi connectivity index (χ0) is 20.2. The number of aliphatic hydroxyl groups is 2. The van der Waals surface area contributed by atoms with Crippen LogP contribution in [0.1, 0.15) is 104 Å². The Morgan fingerprint density at radius 2 is 1.48 bits per heavy atom. The molecule has 3 N–H and O–H groups in total. The van der Waals surface area contributed by atoms with E-state index < -0.39 is 0 Å². The highest BCUT2D eigenvalue weighted by atomic mass is 16.3. The van der Waals surface area contributed by atoms with Crippen molar-refractivity contribution in [3.8, 4) is 0 Å². The topological polar surface area (TPSA) is 52.5 Å². The first-order valence-corrected chi connectivity index (χ1v) is 13.0. The lowest BCUT2D eigenvalue weighted by Crippen LogP contribution is -2.60. The Hall–Kier alpha value is -0.120. The Bertz CT molecular complexity index is 587. The van der Waals surface area contributed by atoms with Gasteiger partial charge in [0.25, 0.3) is 0 Å². The summed E-state index contributed by atoms with van der Waals surface area (Å²) in [6.07, 6.45) is 17.5. The van der Waals surface area contributed by atoms with E-state index in [0.717, 1.165) is 30.6 Å². The van der Waals surface area contributed by atoms with Crippen molar-refractivity contribution in [1.29, 1.82) is 0 Å². The largest absolute Gasteiger partial charge is 0.393 e. The maximum absolute atomic E-state index is 11.0. The van der Waals surface area contributed by atoms with Crippen molar-refractivity contribution >= 4 is 0 Å². The average molecular weight is 404 g/mol. The smallest absolute Gasteiger partial charge is 0.0696 e. The van der Waals surface area contributed by atoms with Gasteiger partial charge in [0.2, 0.25) is 0 Å². The van der Waals surface area contributed by atoms with Crippen LogP contribution in [0.25, 0.3) is 0 Å². The predicted octanol–water partition coefficient (Wildman–Crippen LogP) is 5.04. The number of hydrogen-bond acceptors (Lipinski definition) is 3. The standard InChI is InChI=1S/C26H45NO2/c1-25-14-13-21-19(20(25)11-12-24(25)29)10-9-17-15-23(28)22(16-26(17,21)2)27-18-7-5-3-4-6-8-18/h17-24,27-29H,3-16H2,1-2H3/t17-,19-,20-,21-,22-,23-,24-,25-,26-/m0/s1. The summed E-state index contributed by atoms with van der Waals surface area (Å²) in [6, 6.07) is 0.914. The van der Waals surface area contributed by atoms with Crippen LogP contribution in [0.2, 0.25) is 0 Å². The van der Waals surface area contributed by atoms with Crippen LogP contribution in [0.5, 0.6) is 0 Å². The Kier molecular flexibility index (Phi) is 5.57. The molecule has 5 aliphatic carbocycles. The molecule has 0 radical (unpaired) electrons. The molecule has 0 aromatic heterocycles. The minimum absolute atomic E-state index is 0.0724. The number of aliphatic hydroxyl groups excluding tert-OH is 2. The van der Waals surface area contributed by atoms with Crippen molar-refractivity contribution < 1.29 is 10.2 Å². The molecule has 5 aliphatic rings.